The van der Waals surface area contributed by atoms with Gasteiger partial charge in [0, 0.05) is 35.1 Å². The molecule has 0 aliphatic heterocycles. The highest BCUT2D eigenvalue weighted by Gasteiger charge is 2.36. The molecule has 0 saturated carbocycles. The Balaban J connectivity index is 1.96. The molecule has 25 heavy (non-hydrogen) atoms. The second-order valence-electron chi connectivity index (χ2n) is 8.65. The van der Waals surface area contributed by atoms with Gasteiger partial charge < -0.3 is 5.32 Å². The fourth-order valence-corrected chi connectivity index (χ4v) is 3.19. The molecule has 1 amide bonds. The molecule has 5 nitrogen and oxygen atoms in total. The summed E-state index contributed by atoms with van der Waals surface area (Å²) in [6.07, 6.45) is 7.13. The van der Waals surface area contributed by atoms with Crippen LogP contribution in [0, 0.1) is 10.8 Å². The molecule has 0 aromatic carbocycles. The minimum atomic E-state index is -0.417. The number of hydrogen-bond acceptors (Lipinski definition) is 4. The molecular weight excluding hydrogens is 312 g/mol. The van der Waals surface area contributed by atoms with Crippen molar-refractivity contribution in [3.63, 3.8) is 0 Å². The lowest BCUT2D eigenvalue weighted by Crippen LogP contribution is -2.41. The van der Waals surface area contributed by atoms with Crippen LogP contribution in [0.2, 0.25) is 0 Å². The Kier molecular flexibility index (Phi) is 4.35. The molecule has 0 spiro atoms. The predicted molar refractivity (Wildman–Crippen MR) is 97.7 cm³/mol. The van der Waals surface area contributed by atoms with Crippen molar-refractivity contribution in [3.8, 4) is 11.4 Å². The van der Waals surface area contributed by atoms with Crippen molar-refractivity contribution in [3.05, 3.63) is 42.0 Å². The highest BCUT2D eigenvalue weighted by Crippen LogP contribution is 2.40. The molecule has 1 N–H and O–H groups in total. The number of pyridine rings is 1. The molecule has 1 unspecified atom stereocenters. The van der Waals surface area contributed by atoms with Crippen LogP contribution in [-0.4, -0.2) is 20.9 Å². The van der Waals surface area contributed by atoms with Crippen LogP contribution in [0.25, 0.3) is 11.4 Å². The van der Waals surface area contributed by atoms with E-state index in [2.05, 4.69) is 29.1 Å². The Bertz CT molecular complexity index is 778. The summed E-state index contributed by atoms with van der Waals surface area (Å²) in [5.41, 5.74) is 2.68. The summed E-state index contributed by atoms with van der Waals surface area (Å²) in [5.74, 6) is 0.763. The molecule has 3 rings (SSSR count). The SMILES string of the molecule is CC1(C)Cc2nc(-c3ccncc3)ncc2C(NC(=O)C(C)(C)C)C1. The first-order chi connectivity index (χ1) is 11.7. The minimum absolute atomic E-state index is 0.0445. The molecule has 5 heteroatoms. The van der Waals surface area contributed by atoms with E-state index in [0.29, 0.717) is 5.82 Å². The van der Waals surface area contributed by atoms with Gasteiger partial charge in [-0.3, -0.25) is 9.78 Å². The first kappa shape index (κ1) is 17.5. The molecule has 2 aromatic rings. The fourth-order valence-electron chi connectivity index (χ4n) is 3.19. The molecule has 0 bridgehead atoms. The monoisotopic (exact) mass is 338 g/mol. The number of aromatic nitrogens is 3. The fraction of sp³-hybridized carbons (Fsp3) is 0.500. The lowest BCUT2D eigenvalue weighted by Gasteiger charge is -2.37. The Labute approximate surface area is 149 Å². The van der Waals surface area contributed by atoms with Crippen molar-refractivity contribution < 1.29 is 4.79 Å². The van der Waals surface area contributed by atoms with Crippen molar-refractivity contribution in [1.82, 2.24) is 20.3 Å². The predicted octanol–water partition coefficient (Wildman–Crippen LogP) is 3.71. The van der Waals surface area contributed by atoms with Crippen molar-refractivity contribution in [2.75, 3.05) is 0 Å². The summed E-state index contributed by atoms with van der Waals surface area (Å²) < 4.78 is 0. The first-order valence-corrected chi connectivity index (χ1v) is 8.73. The molecule has 0 fully saturated rings. The van der Waals surface area contributed by atoms with Crippen LogP contribution in [0.1, 0.15) is 58.3 Å². The largest absolute Gasteiger partial charge is 0.349 e. The molecule has 1 atom stereocenters. The molecule has 0 radical (unpaired) electrons. The Morgan fingerprint density at radius 2 is 1.92 bits per heavy atom. The third kappa shape index (κ3) is 3.86. The molecule has 1 aliphatic rings. The van der Waals surface area contributed by atoms with Gasteiger partial charge in [0.15, 0.2) is 5.82 Å². The van der Waals surface area contributed by atoms with E-state index >= 15 is 0 Å². The number of hydrogen-bond donors (Lipinski definition) is 1. The molecule has 2 heterocycles. The third-order valence-corrected chi connectivity index (χ3v) is 4.60. The van der Waals surface area contributed by atoms with E-state index in [1.54, 1.807) is 12.4 Å². The van der Waals surface area contributed by atoms with Gasteiger partial charge >= 0.3 is 0 Å². The normalized spacial score (nSPS) is 19.2. The van der Waals surface area contributed by atoms with Crippen molar-refractivity contribution in [2.24, 2.45) is 10.8 Å². The van der Waals surface area contributed by atoms with Crippen molar-refractivity contribution in [2.45, 2.75) is 53.5 Å². The second-order valence-corrected chi connectivity index (χ2v) is 8.65. The van der Waals surface area contributed by atoms with E-state index in [-0.39, 0.29) is 17.4 Å². The number of fused-ring (bicyclic) bond motifs is 1. The Hall–Kier alpha value is -2.30. The van der Waals surface area contributed by atoms with Gasteiger partial charge in [-0.05, 0) is 30.4 Å². The van der Waals surface area contributed by atoms with Crippen LogP contribution in [0.5, 0.6) is 0 Å². The van der Waals surface area contributed by atoms with Gasteiger partial charge in [0.2, 0.25) is 5.91 Å². The third-order valence-electron chi connectivity index (χ3n) is 4.60. The minimum Gasteiger partial charge on any atom is -0.349 e. The van der Waals surface area contributed by atoms with E-state index in [1.165, 1.54) is 0 Å². The van der Waals surface area contributed by atoms with E-state index in [1.807, 2.05) is 39.1 Å². The number of rotatable bonds is 2. The van der Waals surface area contributed by atoms with E-state index in [0.717, 1.165) is 29.7 Å². The Morgan fingerprint density at radius 1 is 1.24 bits per heavy atom. The highest BCUT2D eigenvalue weighted by atomic mass is 16.2. The molecule has 132 valence electrons. The first-order valence-electron chi connectivity index (χ1n) is 8.73. The summed E-state index contributed by atoms with van der Waals surface area (Å²) >= 11 is 0. The molecule has 2 aromatic heterocycles. The van der Waals surface area contributed by atoms with Crippen LogP contribution < -0.4 is 5.32 Å². The van der Waals surface area contributed by atoms with Crippen LogP contribution >= 0.6 is 0 Å². The smallest absolute Gasteiger partial charge is 0.225 e. The van der Waals surface area contributed by atoms with E-state index in [4.69, 9.17) is 4.98 Å². The zero-order valence-corrected chi connectivity index (χ0v) is 15.6. The van der Waals surface area contributed by atoms with Crippen LogP contribution in [0.4, 0.5) is 0 Å². The van der Waals surface area contributed by atoms with Crippen LogP contribution in [0.3, 0.4) is 0 Å². The maximum Gasteiger partial charge on any atom is 0.225 e. The van der Waals surface area contributed by atoms with Gasteiger partial charge in [-0.25, -0.2) is 9.97 Å². The topological polar surface area (TPSA) is 67.8 Å². The van der Waals surface area contributed by atoms with E-state index < -0.39 is 5.41 Å². The van der Waals surface area contributed by atoms with Gasteiger partial charge in [-0.1, -0.05) is 34.6 Å². The summed E-state index contributed by atoms with van der Waals surface area (Å²) in [6.45, 7) is 10.2. The van der Waals surface area contributed by atoms with Crippen molar-refractivity contribution >= 4 is 5.91 Å². The average Bonchev–Trinajstić information content (AvgIpc) is 2.53. The van der Waals surface area contributed by atoms with Crippen LogP contribution in [-0.2, 0) is 11.2 Å². The lowest BCUT2D eigenvalue weighted by atomic mass is 9.74. The van der Waals surface area contributed by atoms with Gasteiger partial charge in [0.1, 0.15) is 0 Å². The standard InChI is InChI=1S/C20H26N4O/c1-19(2,3)18(25)24-16-11-20(4,5)10-15-14(16)12-22-17(23-15)13-6-8-21-9-7-13/h6-9,12,16H,10-11H2,1-5H3,(H,24,25). The quantitative estimate of drug-likeness (QED) is 0.906. The van der Waals surface area contributed by atoms with Gasteiger partial charge in [0.25, 0.3) is 0 Å². The lowest BCUT2D eigenvalue weighted by molar-refractivity contribution is -0.129. The maximum absolute atomic E-state index is 12.5. The highest BCUT2D eigenvalue weighted by molar-refractivity contribution is 5.81. The van der Waals surface area contributed by atoms with Crippen LogP contribution in [0.15, 0.2) is 30.7 Å². The summed E-state index contributed by atoms with van der Waals surface area (Å²) in [4.78, 5) is 25.9. The zero-order chi connectivity index (χ0) is 18.2. The Morgan fingerprint density at radius 3 is 2.56 bits per heavy atom. The van der Waals surface area contributed by atoms with Gasteiger partial charge in [-0.2, -0.15) is 0 Å². The molecular formula is C20H26N4O. The summed E-state index contributed by atoms with van der Waals surface area (Å²) in [6, 6.07) is 3.78. The average molecular weight is 338 g/mol. The number of amides is 1. The number of nitrogens with one attached hydrogen (secondary N) is 1. The number of carbonyl (C=O) groups is 1. The summed E-state index contributed by atoms with van der Waals surface area (Å²) in [5, 5.41) is 3.20. The zero-order valence-electron chi connectivity index (χ0n) is 15.6. The van der Waals surface area contributed by atoms with Gasteiger partial charge in [0.05, 0.1) is 11.7 Å². The molecule has 1 aliphatic carbocycles. The van der Waals surface area contributed by atoms with Crippen molar-refractivity contribution in [1.29, 1.82) is 0 Å². The summed E-state index contributed by atoms with van der Waals surface area (Å²) in [7, 11) is 0. The second kappa shape index (κ2) is 6.21. The number of carbonyl (C=O) groups excluding carboxylic acids is 1. The van der Waals surface area contributed by atoms with Gasteiger partial charge in [-0.15, -0.1) is 0 Å². The maximum atomic E-state index is 12.5. The number of nitrogens with zero attached hydrogens (tertiary/aromatic N) is 3. The molecule has 0 saturated heterocycles. The van der Waals surface area contributed by atoms with E-state index in [9.17, 15) is 4.79 Å².